The van der Waals surface area contributed by atoms with Crippen molar-refractivity contribution < 1.29 is 9.21 Å². The Hall–Kier alpha value is -0.960. The third-order valence-corrected chi connectivity index (χ3v) is 2.50. The van der Waals surface area contributed by atoms with Gasteiger partial charge in [-0.15, -0.1) is 11.6 Å². The van der Waals surface area contributed by atoms with Gasteiger partial charge >= 0.3 is 0 Å². The highest BCUT2D eigenvalue weighted by atomic mass is 35.5. The lowest BCUT2D eigenvalue weighted by atomic mass is 10.2. The van der Waals surface area contributed by atoms with Gasteiger partial charge in [-0.3, -0.25) is 4.79 Å². The molecule has 0 aromatic carbocycles. The Labute approximate surface area is 88.4 Å². The lowest BCUT2D eigenvalue weighted by molar-refractivity contribution is 0.0947. The number of hydrogen-bond acceptors (Lipinski definition) is 2. The molecule has 0 radical (unpaired) electrons. The van der Waals surface area contributed by atoms with Gasteiger partial charge in [-0.2, -0.15) is 0 Å². The molecule has 1 rings (SSSR count). The summed E-state index contributed by atoms with van der Waals surface area (Å²) in [6.45, 7) is 4.34. The minimum absolute atomic E-state index is 0.104. The van der Waals surface area contributed by atoms with Gasteiger partial charge in [0.1, 0.15) is 5.76 Å². The molecular formula is C10H14ClNO2. The molecule has 0 aliphatic carbocycles. The average molecular weight is 216 g/mol. The monoisotopic (exact) mass is 215 g/mol. The molecule has 1 aromatic rings. The minimum atomic E-state index is -0.104. The zero-order valence-corrected chi connectivity index (χ0v) is 9.10. The number of carbonyl (C=O) groups is 1. The predicted molar refractivity (Wildman–Crippen MR) is 55.7 cm³/mol. The smallest absolute Gasteiger partial charge is 0.254 e. The Morgan fingerprint density at radius 1 is 1.71 bits per heavy atom. The molecule has 0 saturated heterocycles. The van der Waals surface area contributed by atoms with E-state index < -0.39 is 0 Å². The minimum Gasteiger partial charge on any atom is -0.469 e. The lowest BCUT2D eigenvalue weighted by Crippen LogP contribution is -2.28. The van der Waals surface area contributed by atoms with E-state index in [4.69, 9.17) is 16.0 Å². The summed E-state index contributed by atoms with van der Waals surface area (Å²) in [5.41, 5.74) is 0.590. The fourth-order valence-corrected chi connectivity index (χ4v) is 1.15. The number of amides is 1. The molecule has 1 atom stereocenters. The van der Waals surface area contributed by atoms with Crippen molar-refractivity contribution in [2.24, 2.45) is 5.92 Å². The summed E-state index contributed by atoms with van der Waals surface area (Å²) in [6.07, 6.45) is 1.51. The van der Waals surface area contributed by atoms with Crippen LogP contribution in [-0.4, -0.2) is 18.3 Å². The second-order valence-electron chi connectivity index (χ2n) is 3.36. The van der Waals surface area contributed by atoms with Gasteiger partial charge in [0, 0.05) is 12.4 Å². The number of nitrogens with one attached hydrogen (secondary N) is 1. The molecule has 0 spiro atoms. The molecular weight excluding hydrogens is 202 g/mol. The zero-order chi connectivity index (χ0) is 10.6. The average Bonchev–Trinajstić information content (AvgIpc) is 2.60. The van der Waals surface area contributed by atoms with E-state index in [9.17, 15) is 4.79 Å². The van der Waals surface area contributed by atoms with E-state index in [0.29, 0.717) is 23.7 Å². The first kappa shape index (κ1) is 11.1. The fraction of sp³-hybridized carbons (Fsp3) is 0.500. The van der Waals surface area contributed by atoms with E-state index in [1.165, 1.54) is 6.26 Å². The van der Waals surface area contributed by atoms with Crippen molar-refractivity contribution in [3.05, 3.63) is 23.7 Å². The van der Waals surface area contributed by atoms with Crippen LogP contribution in [0.4, 0.5) is 0 Å². The standard InChI is InChI=1S/C10H14ClNO2/c1-7(5-11)6-12-10(13)9-3-4-14-8(9)2/h3-4,7H,5-6H2,1-2H3,(H,12,13). The molecule has 14 heavy (non-hydrogen) atoms. The molecule has 3 nitrogen and oxygen atoms in total. The first-order valence-electron chi connectivity index (χ1n) is 4.53. The Morgan fingerprint density at radius 2 is 2.43 bits per heavy atom. The van der Waals surface area contributed by atoms with Gasteiger partial charge in [0.15, 0.2) is 0 Å². The SMILES string of the molecule is Cc1occc1C(=O)NCC(C)CCl. The molecule has 1 heterocycles. The number of aryl methyl sites for hydroxylation is 1. The highest BCUT2D eigenvalue weighted by Gasteiger charge is 2.11. The Morgan fingerprint density at radius 3 is 2.93 bits per heavy atom. The van der Waals surface area contributed by atoms with E-state index in [1.807, 2.05) is 6.92 Å². The van der Waals surface area contributed by atoms with E-state index in [1.54, 1.807) is 13.0 Å². The van der Waals surface area contributed by atoms with Crippen molar-refractivity contribution >= 4 is 17.5 Å². The lowest BCUT2D eigenvalue weighted by Gasteiger charge is -2.08. The van der Waals surface area contributed by atoms with Crippen molar-refractivity contribution in [2.45, 2.75) is 13.8 Å². The van der Waals surface area contributed by atoms with Gasteiger partial charge in [0.05, 0.1) is 11.8 Å². The highest BCUT2D eigenvalue weighted by Crippen LogP contribution is 2.08. The second kappa shape index (κ2) is 5.05. The highest BCUT2D eigenvalue weighted by molar-refractivity contribution is 6.18. The van der Waals surface area contributed by atoms with Crippen LogP contribution in [0.3, 0.4) is 0 Å². The van der Waals surface area contributed by atoms with Crippen molar-refractivity contribution in [3.63, 3.8) is 0 Å². The van der Waals surface area contributed by atoms with E-state index >= 15 is 0 Å². The van der Waals surface area contributed by atoms with Crippen LogP contribution in [-0.2, 0) is 0 Å². The number of halogens is 1. The van der Waals surface area contributed by atoms with Gasteiger partial charge in [-0.05, 0) is 18.9 Å². The zero-order valence-electron chi connectivity index (χ0n) is 8.34. The predicted octanol–water partition coefficient (Wildman–Crippen LogP) is 2.19. The van der Waals surface area contributed by atoms with Crippen LogP contribution in [0.5, 0.6) is 0 Å². The molecule has 0 bridgehead atoms. The molecule has 1 N–H and O–H groups in total. The maximum atomic E-state index is 11.5. The first-order valence-corrected chi connectivity index (χ1v) is 5.07. The summed E-state index contributed by atoms with van der Waals surface area (Å²) < 4.78 is 5.03. The quantitative estimate of drug-likeness (QED) is 0.783. The molecule has 1 aromatic heterocycles. The van der Waals surface area contributed by atoms with Crippen LogP contribution >= 0.6 is 11.6 Å². The van der Waals surface area contributed by atoms with Crippen LogP contribution < -0.4 is 5.32 Å². The topological polar surface area (TPSA) is 42.2 Å². The number of carbonyl (C=O) groups excluding carboxylic acids is 1. The molecule has 1 unspecified atom stereocenters. The van der Waals surface area contributed by atoms with Gasteiger partial charge in [-0.1, -0.05) is 6.92 Å². The van der Waals surface area contributed by atoms with Crippen molar-refractivity contribution in [1.29, 1.82) is 0 Å². The number of rotatable bonds is 4. The third-order valence-electron chi connectivity index (χ3n) is 1.98. The Kier molecular flexibility index (Phi) is 4.01. The number of hydrogen-bond donors (Lipinski definition) is 1. The molecule has 0 fully saturated rings. The van der Waals surface area contributed by atoms with Gasteiger partial charge in [0.2, 0.25) is 0 Å². The molecule has 0 aliphatic rings. The molecule has 78 valence electrons. The largest absolute Gasteiger partial charge is 0.469 e. The molecule has 0 aliphatic heterocycles. The van der Waals surface area contributed by atoms with Crippen molar-refractivity contribution in [1.82, 2.24) is 5.32 Å². The summed E-state index contributed by atoms with van der Waals surface area (Å²) in [7, 11) is 0. The third kappa shape index (κ3) is 2.77. The molecule has 1 amide bonds. The molecule has 4 heteroatoms. The Balaban J connectivity index is 2.47. The van der Waals surface area contributed by atoms with Crippen LogP contribution in [0.1, 0.15) is 23.0 Å². The normalized spacial score (nSPS) is 12.5. The van der Waals surface area contributed by atoms with E-state index in [-0.39, 0.29) is 11.8 Å². The van der Waals surface area contributed by atoms with E-state index in [0.717, 1.165) is 0 Å². The number of furan rings is 1. The maximum absolute atomic E-state index is 11.5. The summed E-state index contributed by atoms with van der Waals surface area (Å²) >= 11 is 5.62. The van der Waals surface area contributed by atoms with Gasteiger partial charge in [0.25, 0.3) is 5.91 Å². The van der Waals surface area contributed by atoms with Crippen molar-refractivity contribution in [3.8, 4) is 0 Å². The molecule has 0 saturated carbocycles. The van der Waals surface area contributed by atoms with Gasteiger partial charge < -0.3 is 9.73 Å². The van der Waals surface area contributed by atoms with E-state index in [2.05, 4.69) is 5.32 Å². The summed E-state index contributed by atoms with van der Waals surface area (Å²) in [4.78, 5) is 11.5. The van der Waals surface area contributed by atoms with Crippen LogP contribution in [0.15, 0.2) is 16.7 Å². The Bertz CT molecular complexity index is 309. The van der Waals surface area contributed by atoms with Crippen molar-refractivity contribution in [2.75, 3.05) is 12.4 Å². The first-order chi connectivity index (χ1) is 6.65. The second-order valence-corrected chi connectivity index (χ2v) is 3.67. The van der Waals surface area contributed by atoms with Crippen LogP contribution in [0.25, 0.3) is 0 Å². The summed E-state index contributed by atoms with van der Waals surface area (Å²) in [5, 5.41) is 2.79. The van der Waals surface area contributed by atoms with Crippen LogP contribution in [0.2, 0.25) is 0 Å². The van der Waals surface area contributed by atoms with Gasteiger partial charge in [-0.25, -0.2) is 0 Å². The maximum Gasteiger partial charge on any atom is 0.254 e. The number of alkyl halides is 1. The van der Waals surface area contributed by atoms with Crippen LogP contribution in [0, 0.1) is 12.8 Å². The fourth-order valence-electron chi connectivity index (χ4n) is 1.04. The summed E-state index contributed by atoms with van der Waals surface area (Å²) in [6, 6.07) is 1.66. The summed E-state index contributed by atoms with van der Waals surface area (Å²) in [5.74, 6) is 1.37.